The van der Waals surface area contributed by atoms with Crippen molar-refractivity contribution >= 4 is 46.6 Å². The predicted molar refractivity (Wildman–Crippen MR) is 168 cm³/mol. The van der Waals surface area contributed by atoms with E-state index in [1.54, 1.807) is 19.9 Å². The van der Waals surface area contributed by atoms with Crippen molar-refractivity contribution in [2.45, 2.75) is 44.9 Å². The summed E-state index contributed by atoms with van der Waals surface area (Å²) in [6.07, 6.45) is -2.57. The van der Waals surface area contributed by atoms with Crippen LogP contribution in [0, 0.1) is 5.92 Å². The summed E-state index contributed by atoms with van der Waals surface area (Å²) in [4.78, 5) is 50.4. The van der Waals surface area contributed by atoms with Crippen molar-refractivity contribution in [3.63, 3.8) is 0 Å². The summed E-state index contributed by atoms with van der Waals surface area (Å²) in [5.74, 6) is -2.86. The third-order valence-corrected chi connectivity index (χ3v) is 7.42. The lowest BCUT2D eigenvalue weighted by atomic mass is 9.97. The summed E-state index contributed by atoms with van der Waals surface area (Å²) < 4.78 is 14.4. The van der Waals surface area contributed by atoms with Crippen LogP contribution < -0.4 is 10.6 Å². The molecule has 1 heterocycles. The number of esters is 2. The monoisotopic (exact) mass is 667 g/mol. The van der Waals surface area contributed by atoms with Gasteiger partial charge in [-0.1, -0.05) is 66.7 Å². The minimum atomic E-state index is -1.70. The van der Waals surface area contributed by atoms with E-state index in [2.05, 4.69) is 25.7 Å². The summed E-state index contributed by atoms with van der Waals surface area (Å²) in [5.41, 5.74) is 3.40. The van der Waals surface area contributed by atoms with Crippen molar-refractivity contribution in [3.05, 3.63) is 82.9 Å². The van der Waals surface area contributed by atoms with E-state index in [-0.39, 0.29) is 29.8 Å². The number of aromatic nitrogens is 3. The quantitative estimate of drug-likeness (QED) is 0.0927. The molecule has 0 aliphatic rings. The number of nitrogens with one attached hydrogen (secondary N) is 2. The Labute approximate surface area is 274 Å². The number of carbonyl (C=O) groups is 4. The summed E-state index contributed by atoms with van der Waals surface area (Å²) in [6, 6.07) is 17.5. The summed E-state index contributed by atoms with van der Waals surface area (Å²) >= 11 is 6.13. The number of benzene rings is 3. The minimum absolute atomic E-state index is 0.181. The van der Waals surface area contributed by atoms with E-state index in [1.165, 1.54) is 18.2 Å². The van der Waals surface area contributed by atoms with Crippen molar-refractivity contribution < 1.29 is 43.7 Å². The maximum absolute atomic E-state index is 13.3. The molecule has 4 aromatic rings. The average molecular weight is 668 g/mol. The smallest absolute Gasteiger partial charge is 0.407 e. The zero-order valence-electron chi connectivity index (χ0n) is 25.8. The number of hydrogen-bond donors (Lipinski definition) is 4. The van der Waals surface area contributed by atoms with Crippen LogP contribution in [0.15, 0.2) is 66.7 Å². The molecule has 0 aliphatic carbocycles. The molecule has 0 spiro atoms. The lowest BCUT2D eigenvalue weighted by Crippen LogP contribution is -2.45. The van der Waals surface area contributed by atoms with E-state index in [0.29, 0.717) is 15.4 Å². The van der Waals surface area contributed by atoms with Gasteiger partial charge in [-0.2, -0.15) is 0 Å². The van der Waals surface area contributed by atoms with Crippen LogP contribution >= 0.6 is 11.6 Å². The van der Waals surface area contributed by atoms with Gasteiger partial charge in [-0.05, 0) is 64.6 Å². The lowest BCUT2D eigenvalue weighted by Gasteiger charge is -2.22. The lowest BCUT2D eigenvalue weighted by molar-refractivity contribution is -0.175. The standard InChI is InChI=1S/C32H34ClN5O9/c1-18(2)28(35-32(43)45-3)31(42)47-17-46-30(41)27(39)16-24(34-29(40)22-11-12-25-26(15-22)38(44)37-36-25)13-19-7-9-20(10-8-19)21-5-4-6-23(33)14-21/h4-12,14-15,18,24,27-28,39,44H,13,16-17H2,1-3H3,(H,34,40)(H,35,43)/t24-,27-,28?/m1/s1. The highest BCUT2D eigenvalue weighted by Gasteiger charge is 2.28. The predicted octanol–water partition coefficient (Wildman–Crippen LogP) is 3.51. The summed E-state index contributed by atoms with van der Waals surface area (Å²) in [6.45, 7) is 2.53. The van der Waals surface area contributed by atoms with Gasteiger partial charge >= 0.3 is 18.0 Å². The van der Waals surface area contributed by atoms with Gasteiger partial charge in [0.15, 0.2) is 6.10 Å². The molecule has 0 radical (unpaired) electrons. The van der Waals surface area contributed by atoms with Crippen LogP contribution in [0.3, 0.4) is 0 Å². The van der Waals surface area contributed by atoms with Gasteiger partial charge in [-0.15, -0.1) is 5.10 Å². The fourth-order valence-electron chi connectivity index (χ4n) is 4.68. The Balaban J connectivity index is 1.44. The maximum atomic E-state index is 13.3. The number of carbonyl (C=O) groups excluding carboxylic acids is 4. The Hall–Kier alpha value is -5.21. The number of alkyl carbamates (subject to hydrolysis) is 1. The molecule has 248 valence electrons. The van der Waals surface area contributed by atoms with E-state index in [4.69, 9.17) is 21.1 Å². The van der Waals surface area contributed by atoms with Gasteiger partial charge in [0.25, 0.3) is 5.91 Å². The van der Waals surface area contributed by atoms with Crippen LogP contribution in [0.2, 0.25) is 5.02 Å². The molecule has 0 aliphatic heterocycles. The molecule has 47 heavy (non-hydrogen) atoms. The van der Waals surface area contributed by atoms with Crippen LogP contribution in [0.1, 0.15) is 36.2 Å². The summed E-state index contributed by atoms with van der Waals surface area (Å²) in [5, 5.41) is 33.7. The van der Waals surface area contributed by atoms with Gasteiger partial charge in [0.05, 0.1) is 7.11 Å². The normalized spacial score (nSPS) is 13.0. The SMILES string of the molecule is COC(=O)NC(C(=O)OCOC(=O)[C@H](O)C[C@@H](Cc1ccc(-c2cccc(Cl)c2)cc1)NC(=O)c1ccc2nnn(O)c2c1)C(C)C. The molecule has 4 N–H and O–H groups in total. The van der Waals surface area contributed by atoms with Crippen LogP contribution in [0.5, 0.6) is 0 Å². The first-order valence-corrected chi connectivity index (χ1v) is 14.9. The molecule has 3 atom stereocenters. The van der Waals surface area contributed by atoms with Crippen LogP contribution in [0.25, 0.3) is 22.2 Å². The van der Waals surface area contributed by atoms with Crippen LogP contribution in [-0.2, 0) is 30.2 Å². The van der Waals surface area contributed by atoms with Crippen LogP contribution in [-0.4, -0.2) is 81.5 Å². The topological polar surface area (TPSA) is 191 Å². The highest BCUT2D eigenvalue weighted by atomic mass is 35.5. The van der Waals surface area contributed by atoms with E-state index in [1.807, 2.05) is 42.5 Å². The van der Waals surface area contributed by atoms with E-state index >= 15 is 0 Å². The van der Waals surface area contributed by atoms with Gasteiger partial charge in [0, 0.05) is 23.0 Å². The number of fused-ring (bicyclic) bond motifs is 1. The number of halogens is 1. The number of aliphatic hydroxyl groups is 1. The molecule has 1 aromatic heterocycles. The summed E-state index contributed by atoms with van der Waals surface area (Å²) in [7, 11) is 1.15. The van der Waals surface area contributed by atoms with Crippen molar-refractivity contribution in [2.24, 2.45) is 5.92 Å². The van der Waals surface area contributed by atoms with Gasteiger partial charge in [0.2, 0.25) is 6.79 Å². The first-order chi connectivity index (χ1) is 22.4. The molecule has 0 bridgehead atoms. The van der Waals surface area contributed by atoms with Gasteiger partial charge < -0.3 is 35.2 Å². The Morgan fingerprint density at radius 1 is 0.936 bits per heavy atom. The molecule has 4 rings (SSSR count). The zero-order valence-corrected chi connectivity index (χ0v) is 26.5. The van der Waals surface area contributed by atoms with E-state index < -0.39 is 48.9 Å². The van der Waals surface area contributed by atoms with Gasteiger partial charge in [-0.25, -0.2) is 14.4 Å². The molecule has 2 amide bonds. The fraction of sp³-hybridized carbons (Fsp3) is 0.312. The third kappa shape index (κ3) is 9.40. The average Bonchev–Trinajstić information content (AvgIpc) is 3.42. The number of ether oxygens (including phenoxy) is 3. The van der Waals surface area contributed by atoms with Crippen molar-refractivity contribution in [1.29, 1.82) is 0 Å². The highest BCUT2D eigenvalue weighted by Crippen LogP contribution is 2.24. The maximum Gasteiger partial charge on any atom is 0.407 e. The van der Waals surface area contributed by atoms with Crippen molar-refractivity contribution in [3.8, 4) is 11.1 Å². The Morgan fingerprint density at radius 3 is 2.34 bits per heavy atom. The van der Waals surface area contributed by atoms with Crippen LogP contribution in [0.4, 0.5) is 4.79 Å². The van der Waals surface area contributed by atoms with E-state index in [0.717, 1.165) is 23.8 Å². The number of nitrogens with zero attached hydrogens (tertiary/aromatic N) is 3. The van der Waals surface area contributed by atoms with E-state index in [9.17, 15) is 29.5 Å². The van der Waals surface area contributed by atoms with Crippen molar-refractivity contribution in [2.75, 3.05) is 13.9 Å². The first kappa shape index (κ1) is 34.7. The Morgan fingerprint density at radius 2 is 1.66 bits per heavy atom. The molecule has 14 nitrogen and oxygen atoms in total. The Kier molecular flexibility index (Phi) is 11.7. The molecule has 0 fully saturated rings. The molecule has 3 aromatic carbocycles. The number of methoxy groups -OCH3 is 1. The molecular weight excluding hydrogens is 634 g/mol. The molecule has 0 saturated carbocycles. The first-order valence-electron chi connectivity index (χ1n) is 14.5. The van der Waals surface area contributed by atoms with Gasteiger partial charge in [0.1, 0.15) is 17.1 Å². The highest BCUT2D eigenvalue weighted by molar-refractivity contribution is 6.30. The molecular formula is C32H34ClN5O9. The Bertz CT molecular complexity index is 1730. The second-order valence-electron chi connectivity index (χ2n) is 10.9. The number of aliphatic hydroxyl groups excluding tert-OH is 1. The number of hydrogen-bond acceptors (Lipinski definition) is 11. The zero-order chi connectivity index (χ0) is 34.1. The van der Waals surface area contributed by atoms with Crippen molar-refractivity contribution in [1.82, 2.24) is 25.8 Å². The second-order valence-corrected chi connectivity index (χ2v) is 11.4. The number of rotatable bonds is 13. The largest absolute Gasteiger partial charge is 0.453 e. The molecule has 15 heteroatoms. The fourth-order valence-corrected chi connectivity index (χ4v) is 4.87. The molecule has 1 unspecified atom stereocenters. The molecule has 0 saturated heterocycles. The number of amides is 2. The third-order valence-electron chi connectivity index (χ3n) is 7.18. The van der Waals surface area contributed by atoms with Gasteiger partial charge in [-0.3, -0.25) is 4.79 Å². The minimum Gasteiger partial charge on any atom is -0.453 e. The second kappa shape index (κ2) is 15.9.